The lowest BCUT2D eigenvalue weighted by atomic mass is 10.4. The van der Waals surface area contributed by atoms with Crippen LogP contribution in [0.5, 0.6) is 0 Å². The lowest BCUT2D eigenvalue weighted by Gasteiger charge is -2.10. The molecule has 2 atom stereocenters. The number of aliphatic hydroxyl groups is 2. The molecule has 0 bridgehead atoms. The van der Waals surface area contributed by atoms with E-state index in [0.29, 0.717) is 6.61 Å². The smallest absolute Gasteiger partial charge is 0.394 e. The van der Waals surface area contributed by atoms with Crippen molar-refractivity contribution >= 4 is 7.82 Å². The molecule has 0 aliphatic heterocycles. The lowest BCUT2D eigenvalue weighted by molar-refractivity contribution is -0.0177. The first-order chi connectivity index (χ1) is 6.16. The zero-order valence-corrected chi connectivity index (χ0v) is 8.96. The predicted molar refractivity (Wildman–Crippen MR) is 48.4 cm³/mol. The van der Waals surface area contributed by atoms with E-state index in [1.165, 1.54) is 0 Å². The minimum atomic E-state index is -4.64. The van der Waals surface area contributed by atoms with Crippen molar-refractivity contribution in [2.75, 3.05) is 13.2 Å². The van der Waals surface area contributed by atoms with Crippen LogP contribution in [0, 0.1) is 0 Å². The van der Waals surface area contributed by atoms with Gasteiger partial charge in [0.1, 0.15) is 0 Å². The Labute approximate surface area is 82.2 Å². The Balaban J connectivity index is 0. The van der Waals surface area contributed by atoms with Crippen LogP contribution in [0.1, 0.15) is 13.8 Å². The van der Waals surface area contributed by atoms with Crippen molar-refractivity contribution in [1.82, 2.24) is 0 Å². The number of hydrogen-bond donors (Lipinski definition) is 5. The van der Waals surface area contributed by atoms with E-state index in [1.807, 2.05) is 0 Å². The molecule has 0 saturated carbocycles. The molecule has 0 aromatic heterocycles. The van der Waals surface area contributed by atoms with Gasteiger partial charge in [0.25, 0.3) is 0 Å². The van der Waals surface area contributed by atoms with E-state index in [9.17, 15) is 0 Å². The monoisotopic (exact) mass is 232 g/mol. The summed E-state index contributed by atoms with van der Waals surface area (Å²) in [5.74, 6) is 0. The van der Waals surface area contributed by atoms with Crippen molar-refractivity contribution < 1.29 is 34.2 Å². The molecular weight excluding hydrogens is 215 g/mol. The van der Waals surface area contributed by atoms with Crippen molar-refractivity contribution in [3.05, 3.63) is 0 Å². The topological polar surface area (TPSA) is 127 Å². The molecule has 7 nitrogen and oxygen atoms in total. The largest absolute Gasteiger partial charge is 0.466 e. The quantitative estimate of drug-likeness (QED) is 0.386. The molecule has 2 unspecified atom stereocenters. The fourth-order valence-electron chi connectivity index (χ4n) is 0.356. The molecule has 0 spiro atoms. The van der Waals surface area contributed by atoms with Crippen LogP contribution in [0.3, 0.4) is 0 Å². The zero-order valence-electron chi connectivity index (χ0n) is 8.07. The Kier molecular flexibility index (Phi) is 9.75. The summed E-state index contributed by atoms with van der Waals surface area (Å²) in [5, 5.41) is 17.1. The van der Waals surface area contributed by atoms with Crippen LogP contribution >= 0.6 is 7.82 Å². The molecule has 0 heterocycles. The van der Waals surface area contributed by atoms with E-state index in [1.54, 1.807) is 13.8 Å². The highest BCUT2D eigenvalue weighted by atomic mass is 31.2. The molecule has 5 N–H and O–H groups in total. The van der Waals surface area contributed by atoms with Crippen LogP contribution in [0.4, 0.5) is 0 Å². The van der Waals surface area contributed by atoms with Gasteiger partial charge in [-0.2, -0.15) is 0 Å². The summed E-state index contributed by atoms with van der Waals surface area (Å²) in [7, 11) is -4.64. The maximum atomic E-state index is 8.88. The Hall–Kier alpha value is -0.0100. The van der Waals surface area contributed by atoms with E-state index in [4.69, 9.17) is 34.2 Å². The van der Waals surface area contributed by atoms with Gasteiger partial charge in [0, 0.05) is 0 Å². The molecule has 0 aromatic carbocycles. The first-order valence-electron chi connectivity index (χ1n) is 3.85. The summed E-state index contributed by atoms with van der Waals surface area (Å²) in [6.07, 6.45) is -0.612. The van der Waals surface area contributed by atoms with Gasteiger partial charge < -0.3 is 29.6 Å². The van der Waals surface area contributed by atoms with Gasteiger partial charge in [-0.1, -0.05) is 0 Å². The van der Waals surface area contributed by atoms with Crippen LogP contribution < -0.4 is 0 Å². The van der Waals surface area contributed by atoms with Gasteiger partial charge in [-0.05, 0) is 13.8 Å². The Morgan fingerprint density at radius 1 is 1.29 bits per heavy atom. The minimum Gasteiger partial charge on any atom is -0.394 e. The average molecular weight is 232 g/mol. The van der Waals surface area contributed by atoms with Crippen LogP contribution in [0.25, 0.3) is 0 Å². The standard InChI is InChI=1S/C6H14O3.H3O4P/c1-5(8)4-9-6(2)3-7;1-5(2,3)4/h5-8H,3-4H2,1-2H3;(H3,1,2,3,4). The molecule has 0 radical (unpaired) electrons. The molecule has 0 aromatic rings. The van der Waals surface area contributed by atoms with Crippen LogP contribution in [-0.2, 0) is 9.30 Å². The van der Waals surface area contributed by atoms with E-state index >= 15 is 0 Å². The van der Waals surface area contributed by atoms with Crippen molar-refractivity contribution in [2.45, 2.75) is 26.1 Å². The third-order valence-corrected chi connectivity index (χ3v) is 0.879. The summed E-state index contributed by atoms with van der Waals surface area (Å²) in [6, 6.07) is 0. The van der Waals surface area contributed by atoms with Crippen LogP contribution in [0.15, 0.2) is 0 Å². The molecule has 88 valence electrons. The SMILES string of the molecule is CC(O)COC(C)CO.O=P(O)(O)O. The molecule has 14 heavy (non-hydrogen) atoms. The second kappa shape index (κ2) is 8.31. The maximum Gasteiger partial charge on any atom is 0.466 e. The third kappa shape index (κ3) is 29.6. The number of hydrogen-bond acceptors (Lipinski definition) is 4. The summed E-state index contributed by atoms with van der Waals surface area (Å²) in [6.45, 7) is 3.70. The second-order valence-electron chi connectivity index (χ2n) is 2.69. The van der Waals surface area contributed by atoms with Crippen molar-refractivity contribution in [2.24, 2.45) is 0 Å². The zero-order chi connectivity index (χ0) is 11.8. The molecule has 0 aliphatic carbocycles. The Bertz CT molecular complexity index is 157. The van der Waals surface area contributed by atoms with Gasteiger partial charge >= 0.3 is 7.82 Å². The van der Waals surface area contributed by atoms with Gasteiger partial charge in [0.15, 0.2) is 0 Å². The van der Waals surface area contributed by atoms with E-state index in [-0.39, 0.29) is 12.7 Å². The Morgan fingerprint density at radius 3 is 1.86 bits per heavy atom. The van der Waals surface area contributed by atoms with Crippen molar-refractivity contribution in [1.29, 1.82) is 0 Å². The molecule has 0 aliphatic rings. The fraction of sp³-hybridized carbons (Fsp3) is 1.00. The molecule has 0 fully saturated rings. The highest BCUT2D eigenvalue weighted by Crippen LogP contribution is 2.25. The van der Waals surface area contributed by atoms with Crippen LogP contribution in [0.2, 0.25) is 0 Å². The first kappa shape index (κ1) is 16.4. The highest BCUT2D eigenvalue weighted by molar-refractivity contribution is 7.45. The van der Waals surface area contributed by atoms with E-state index < -0.39 is 13.9 Å². The van der Waals surface area contributed by atoms with Crippen molar-refractivity contribution in [3.8, 4) is 0 Å². The molecule has 0 saturated heterocycles. The number of aliphatic hydroxyl groups excluding tert-OH is 2. The summed E-state index contributed by atoms with van der Waals surface area (Å²) in [4.78, 5) is 21.6. The van der Waals surface area contributed by atoms with E-state index in [2.05, 4.69) is 0 Å². The molecule has 0 amide bonds. The summed E-state index contributed by atoms with van der Waals surface area (Å²) >= 11 is 0. The minimum absolute atomic E-state index is 0.00667. The molecule has 0 rings (SSSR count). The van der Waals surface area contributed by atoms with Gasteiger partial charge in [0.2, 0.25) is 0 Å². The third-order valence-electron chi connectivity index (χ3n) is 0.879. The number of phosphoric acid groups is 1. The van der Waals surface area contributed by atoms with Crippen molar-refractivity contribution in [3.63, 3.8) is 0 Å². The first-order valence-corrected chi connectivity index (χ1v) is 5.42. The van der Waals surface area contributed by atoms with Crippen LogP contribution in [-0.4, -0.2) is 50.3 Å². The summed E-state index contributed by atoms with van der Waals surface area (Å²) in [5.41, 5.74) is 0. The Morgan fingerprint density at radius 2 is 1.64 bits per heavy atom. The van der Waals surface area contributed by atoms with E-state index in [0.717, 1.165) is 0 Å². The highest BCUT2D eigenvalue weighted by Gasteiger charge is 2.01. The molecule has 8 heteroatoms. The normalized spacial score (nSPS) is 15.4. The van der Waals surface area contributed by atoms with Gasteiger partial charge in [-0.25, -0.2) is 4.57 Å². The number of ether oxygens (including phenoxy) is 1. The lowest BCUT2D eigenvalue weighted by Crippen LogP contribution is -2.19. The van der Waals surface area contributed by atoms with Gasteiger partial charge in [-0.15, -0.1) is 0 Å². The van der Waals surface area contributed by atoms with Gasteiger partial charge in [-0.3, -0.25) is 0 Å². The number of rotatable bonds is 4. The fourth-order valence-corrected chi connectivity index (χ4v) is 0.356. The molecular formula is C6H17O7P. The average Bonchev–Trinajstić information content (AvgIpc) is 1.96. The maximum absolute atomic E-state index is 8.88. The predicted octanol–water partition coefficient (Wildman–Crippen LogP) is -1.16. The summed E-state index contributed by atoms with van der Waals surface area (Å²) < 4.78 is 13.8. The second-order valence-corrected chi connectivity index (χ2v) is 3.72. The van der Waals surface area contributed by atoms with Gasteiger partial charge in [0.05, 0.1) is 25.4 Å².